The summed E-state index contributed by atoms with van der Waals surface area (Å²) in [6.45, 7) is 2.25. The van der Waals surface area contributed by atoms with Crippen molar-refractivity contribution in [3.63, 3.8) is 0 Å². The molecule has 2 aromatic carbocycles. The topological polar surface area (TPSA) is 9.23 Å². The highest BCUT2D eigenvalue weighted by atomic mass is 19.4. The molecule has 2 aromatic rings. The lowest BCUT2D eigenvalue weighted by Crippen LogP contribution is -2.17. The maximum absolute atomic E-state index is 15.3. The summed E-state index contributed by atoms with van der Waals surface area (Å²) in [7, 11) is 0. The standard InChI is InChI=1S/C29H33F5O/c1-2-3-4-19-5-7-20(8-6-19)9-10-21-11-14-24-22(17-21)12-15-25(28(24)31)23-13-16-27(26(30)18-23)35-29(32,33)34/h12-13,15-20H,2-11,14H2,1H3. The predicted molar refractivity (Wildman–Crippen MR) is 129 cm³/mol. The number of hydrogen-bond acceptors (Lipinski definition) is 1. The fourth-order valence-electron chi connectivity index (χ4n) is 5.59. The molecule has 35 heavy (non-hydrogen) atoms. The molecule has 0 amide bonds. The van der Waals surface area contributed by atoms with Crippen LogP contribution in [0.2, 0.25) is 0 Å². The number of rotatable bonds is 8. The van der Waals surface area contributed by atoms with Crippen LogP contribution >= 0.6 is 0 Å². The third kappa shape index (κ3) is 6.65. The van der Waals surface area contributed by atoms with Crippen LogP contribution in [-0.2, 0) is 6.42 Å². The number of alkyl halides is 3. The van der Waals surface area contributed by atoms with E-state index in [9.17, 15) is 17.6 Å². The summed E-state index contributed by atoms with van der Waals surface area (Å²) in [5, 5.41) is 0. The van der Waals surface area contributed by atoms with E-state index in [0.29, 0.717) is 12.0 Å². The van der Waals surface area contributed by atoms with Crippen LogP contribution in [0.3, 0.4) is 0 Å². The van der Waals surface area contributed by atoms with Gasteiger partial charge in [-0.1, -0.05) is 81.7 Å². The van der Waals surface area contributed by atoms with Gasteiger partial charge in [-0.15, -0.1) is 13.2 Å². The Bertz CT molecular complexity index is 1050. The second-order valence-electron chi connectivity index (χ2n) is 10.1. The Morgan fingerprint density at radius 3 is 2.29 bits per heavy atom. The molecular weight excluding hydrogens is 459 g/mol. The number of benzene rings is 2. The molecule has 190 valence electrons. The summed E-state index contributed by atoms with van der Waals surface area (Å²) in [5.41, 5.74) is 3.13. The van der Waals surface area contributed by atoms with Gasteiger partial charge in [0.25, 0.3) is 0 Å². The van der Waals surface area contributed by atoms with E-state index in [1.54, 1.807) is 6.07 Å². The lowest BCUT2D eigenvalue weighted by Gasteiger charge is -2.29. The van der Waals surface area contributed by atoms with E-state index in [1.807, 2.05) is 6.07 Å². The smallest absolute Gasteiger partial charge is 0.403 e. The minimum absolute atomic E-state index is 0.179. The molecule has 0 saturated heterocycles. The van der Waals surface area contributed by atoms with Crippen LogP contribution in [0.4, 0.5) is 22.0 Å². The molecule has 1 nitrogen and oxygen atoms in total. The van der Waals surface area contributed by atoms with Crippen molar-refractivity contribution in [3.05, 3.63) is 58.7 Å². The molecule has 0 radical (unpaired) electrons. The first kappa shape index (κ1) is 25.7. The second kappa shape index (κ2) is 11.1. The van der Waals surface area contributed by atoms with Gasteiger partial charge >= 0.3 is 6.36 Å². The molecule has 0 unspecified atom stereocenters. The van der Waals surface area contributed by atoms with Gasteiger partial charge in [-0.25, -0.2) is 8.78 Å². The van der Waals surface area contributed by atoms with Crippen LogP contribution in [0.5, 0.6) is 5.75 Å². The molecule has 2 aliphatic rings. The van der Waals surface area contributed by atoms with Gasteiger partial charge in [0, 0.05) is 5.56 Å². The molecule has 0 N–H and O–H groups in total. The number of fused-ring (bicyclic) bond motifs is 1. The van der Waals surface area contributed by atoms with Crippen LogP contribution < -0.4 is 4.74 Å². The second-order valence-corrected chi connectivity index (χ2v) is 10.1. The Kier molecular flexibility index (Phi) is 8.18. The molecule has 2 aliphatic carbocycles. The van der Waals surface area contributed by atoms with Crippen molar-refractivity contribution in [2.24, 2.45) is 11.8 Å². The normalized spacial score (nSPS) is 20.3. The first-order chi connectivity index (χ1) is 16.7. The van der Waals surface area contributed by atoms with Crippen LogP contribution in [0.15, 0.2) is 35.9 Å². The number of halogens is 5. The Morgan fingerprint density at radius 2 is 1.63 bits per heavy atom. The predicted octanol–water partition coefficient (Wildman–Crippen LogP) is 9.64. The minimum Gasteiger partial charge on any atom is -0.403 e. The van der Waals surface area contributed by atoms with Crippen molar-refractivity contribution in [2.45, 2.75) is 83.9 Å². The molecule has 0 aromatic heterocycles. The van der Waals surface area contributed by atoms with Crippen LogP contribution in [0.1, 0.15) is 82.3 Å². The van der Waals surface area contributed by atoms with Gasteiger partial charge in [-0.3, -0.25) is 0 Å². The SMILES string of the molecule is CCCCC1CCC(CCC2=Cc3ccc(-c4ccc(OC(F)(F)F)c(F)c4)c(F)c3CC2)CC1. The molecule has 0 atom stereocenters. The highest BCUT2D eigenvalue weighted by Crippen LogP contribution is 2.38. The summed E-state index contributed by atoms with van der Waals surface area (Å²) >= 11 is 0. The average Bonchev–Trinajstić information content (AvgIpc) is 2.83. The van der Waals surface area contributed by atoms with Crippen molar-refractivity contribution >= 4 is 6.08 Å². The Balaban J connectivity index is 1.40. The van der Waals surface area contributed by atoms with E-state index in [2.05, 4.69) is 17.7 Å². The van der Waals surface area contributed by atoms with E-state index in [4.69, 9.17) is 0 Å². The van der Waals surface area contributed by atoms with Gasteiger partial charge in [0.2, 0.25) is 0 Å². The zero-order valence-corrected chi connectivity index (χ0v) is 20.2. The molecule has 6 heteroatoms. The quantitative estimate of drug-likeness (QED) is 0.333. The summed E-state index contributed by atoms with van der Waals surface area (Å²) in [6.07, 6.45) is 10.0. The lowest BCUT2D eigenvalue weighted by atomic mass is 9.77. The minimum atomic E-state index is -4.99. The average molecular weight is 493 g/mol. The number of hydrogen-bond donors (Lipinski definition) is 0. The number of ether oxygens (including phenoxy) is 1. The van der Waals surface area contributed by atoms with Crippen molar-refractivity contribution < 1.29 is 26.7 Å². The van der Waals surface area contributed by atoms with E-state index in [-0.39, 0.29) is 11.1 Å². The Hall–Kier alpha value is -2.37. The van der Waals surface area contributed by atoms with Gasteiger partial charge in [0.1, 0.15) is 5.82 Å². The highest BCUT2D eigenvalue weighted by molar-refractivity contribution is 5.71. The van der Waals surface area contributed by atoms with Crippen molar-refractivity contribution in [2.75, 3.05) is 0 Å². The Labute approximate surface area is 204 Å². The van der Waals surface area contributed by atoms with E-state index in [0.717, 1.165) is 42.4 Å². The molecule has 0 spiro atoms. The van der Waals surface area contributed by atoms with Gasteiger partial charge < -0.3 is 4.74 Å². The number of unbranched alkanes of at least 4 members (excludes halogenated alkanes) is 1. The van der Waals surface area contributed by atoms with E-state index < -0.39 is 23.7 Å². The molecule has 1 saturated carbocycles. The zero-order chi connectivity index (χ0) is 25.0. The zero-order valence-electron chi connectivity index (χ0n) is 20.2. The van der Waals surface area contributed by atoms with Crippen LogP contribution in [0, 0.1) is 23.5 Å². The third-order valence-electron chi connectivity index (χ3n) is 7.61. The first-order valence-corrected chi connectivity index (χ1v) is 12.8. The van der Waals surface area contributed by atoms with E-state index in [1.165, 1.54) is 63.0 Å². The third-order valence-corrected chi connectivity index (χ3v) is 7.61. The van der Waals surface area contributed by atoms with Gasteiger partial charge in [0.15, 0.2) is 11.6 Å². The maximum Gasteiger partial charge on any atom is 0.573 e. The summed E-state index contributed by atoms with van der Waals surface area (Å²) in [5.74, 6) is -0.855. The molecule has 0 heterocycles. The molecule has 0 bridgehead atoms. The fourth-order valence-corrected chi connectivity index (χ4v) is 5.59. The molecule has 1 fully saturated rings. The lowest BCUT2D eigenvalue weighted by molar-refractivity contribution is -0.275. The Morgan fingerprint density at radius 1 is 0.914 bits per heavy atom. The molecule has 0 aliphatic heterocycles. The summed E-state index contributed by atoms with van der Waals surface area (Å²) in [6, 6.07) is 6.41. The fraction of sp³-hybridized carbons (Fsp3) is 0.517. The monoisotopic (exact) mass is 492 g/mol. The highest BCUT2D eigenvalue weighted by Gasteiger charge is 2.32. The van der Waals surface area contributed by atoms with Crippen molar-refractivity contribution in [3.8, 4) is 16.9 Å². The number of allylic oxidation sites excluding steroid dienone is 1. The van der Waals surface area contributed by atoms with Gasteiger partial charge in [-0.2, -0.15) is 0 Å². The largest absolute Gasteiger partial charge is 0.573 e. The maximum atomic E-state index is 15.3. The van der Waals surface area contributed by atoms with Crippen LogP contribution in [-0.4, -0.2) is 6.36 Å². The van der Waals surface area contributed by atoms with Gasteiger partial charge in [0.05, 0.1) is 0 Å². The summed E-state index contributed by atoms with van der Waals surface area (Å²) in [4.78, 5) is 0. The molecular formula is C29H33F5O. The van der Waals surface area contributed by atoms with Crippen molar-refractivity contribution in [1.82, 2.24) is 0 Å². The first-order valence-electron chi connectivity index (χ1n) is 12.8. The summed E-state index contributed by atoms with van der Waals surface area (Å²) < 4.78 is 70.3. The molecule has 4 rings (SSSR count). The van der Waals surface area contributed by atoms with Crippen LogP contribution in [0.25, 0.3) is 17.2 Å². The van der Waals surface area contributed by atoms with Gasteiger partial charge in [-0.05, 0) is 66.3 Å². The van der Waals surface area contributed by atoms with E-state index >= 15 is 4.39 Å². The van der Waals surface area contributed by atoms with Crippen molar-refractivity contribution in [1.29, 1.82) is 0 Å².